The molecule has 0 radical (unpaired) electrons. The van der Waals surface area contributed by atoms with Gasteiger partial charge < -0.3 is 11.1 Å². The highest BCUT2D eigenvalue weighted by Gasteiger charge is 2.34. The number of amides is 1. The fourth-order valence-electron chi connectivity index (χ4n) is 3.05. The van der Waals surface area contributed by atoms with Gasteiger partial charge in [-0.25, -0.2) is 4.68 Å². The molecular formula is C16H20ClN5O3. The van der Waals surface area contributed by atoms with Gasteiger partial charge in [-0.2, -0.15) is 5.10 Å². The normalized spacial score (nSPS) is 15.4. The molecule has 1 aliphatic rings. The van der Waals surface area contributed by atoms with Crippen LogP contribution in [0.1, 0.15) is 36.2 Å². The van der Waals surface area contributed by atoms with Crippen molar-refractivity contribution in [2.75, 3.05) is 6.54 Å². The number of rotatable bonds is 5. The molecule has 25 heavy (non-hydrogen) atoms. The van der Waals surface area contributed by atoms with E-state index in [1.807, 2.05) is 0 Å². The average Bonchev–Trinajstić information content (AvgIpc) is 3.25. The van der Waals surface area contributed by atoms with Crippen LogP contribution in [0.15, 0.2) is 36.5 Å². The van der Waals surface area contributed by atoms with Crippen molar-refractivity contribution < 1.29 is 9.72 Å². The summed E-state index contributed by atoms with van der Waals surface area (Å²) in [5.74, 6) is -0.247. The number of nitrogens with one attached hydrogen (secondary N) is 1. The van der Waals surface area contributed by atoms with Crippen LogP contribution < -0.4 is 11.1 Å². The third-order valence-electron chi connectivity index (χ3n) is 4.48. The molecule has 1 aliphatic carbocycles. The lowest BCUT2D eigenvalue weighted by Gasteiger charge is -2.28. The van der Waals surface area contributed by atoms with Gasteiger partial charge in [-0.15, -0.1) is 12.4 Å². The van der Waals surface area contributed by atoms with E-state index >= 15 is 0 Å². The molecule has 134 valence electrons. The van der Waals surface area contributed by atoms with Crippen LogP contribution in [0.25, 0.3) is 5.69 Å². The lowest BCUT2D eigenvalue weighted by molar-refractivity contribution is -0.384. The van der Waals surface area contributed by atoms with E-state index in [1.165, 1.54) is 16.8 Å². The molecule has 0 unspecified atom stereocenters. The summed E-state index contributed by atoms with van der Waals surface area (Å²) in [4.78, 5) is 22.6. The maximum Gasteiger partial charge on any atom is 0.272 e. The fourth-order valence-corrected chi connectivity index (χ4v) is 3.05. The summed E-state index contributed by atoms with van der Waals surface area (Å²) in [6, 6.07) is 7.60. The minimum Gasteiger partial charge on any atom is -0.344 e. The van der Waals surface area contributed by atoms with Gasteiger partial charge in [0.25, 0.3) is 11.6 Å². The Hall–Kier alpha value is -2.45. The van der Waals surface area contributed by atoms with Gasteiger partial charge in [-0.05, 0) is 31.0 Å². The third-order valence-corrected chi connectivity index (χ3v) is 4.48. The SMILES string of the molecule is Cl.NCC1(NC(=O)c2ccn(-c3ccc([N+](=O)[O-])cc3)n2)CCCC1. The number of nitro benzene ring substituents is 1. The van der Waals surface area contributed by atoms with Gasteiger partial charge in [0.2, 0.25) is 0 Å². The molecule has 9 heteroatoms. The molecule has 2 aromatic rings. The van der Waals surface area contributed by atoms with Gasteiger partial charge in [0.05, 0.1) is 16.1 Å². The molecule has 3 rings (SSSR count). The van der Waals surface area contributed by atoms with E-state index in [-0.39, 0.29) is 29.5 Å². The molecule has 0 bridgehead atoms. The second kappa shape index (κ2) is 7.62. The summed E-state index contributed by atoms with van der Waals surface area (Å²) < 4.78 is 1.52. The summed E-state index contributed by atoms with van der Waals surface area (Å²) in [6.07, 6.45) is 5.56. The van der Waals surface area contributed by atoms with Gasteiger partial charge in [-0.3, -0.25) is 14.9 Å². The van der Waals surface area contributed by atoms with E-state index in [0.29, 0.717) is 17.9 Å². The first-order valence-corrected chi connectivity index (χ1v) is 7.86. The van der Waals surface area contributed by atoms with E-state index in [4.69, 9.17) is 5.73 Å². The van der Waals surface area contributed by atoms with Crippen LogP contribution in [-0.2, 0) is 0 Å². The van der Waals surface area contributed by atoms with Gasteiger partial charge >= 0.3 is 0 Å². The molecule has 0 spiro atoms. The Labute approximate surface area is 151 Å². The highest BCUT2D eigenvalue weighted by Crippen LogP contribution is 2.28. The minimum atomic E-state index is -0.459. The first kappa shape index (κ1) is 18.9. The fraction of sp³-hybridized carbons (Fsp3) is 0.375. The van der Waals surface area contributed by atoms with E-state index in [2.05, 4.69) is 10.4 Å². The van der Waals surface area contributed by atoms with Crippen molar-refractivity contribution in [2.24, 2.45) is 5.73 Å². The summed E-state index contributed by atoms with van der Waals surface area (Å²) >= 11 is 0. The molecule has 3 N–H and O–H groups in total. The molecular weight excluding hydrogens is 346 g/mol. The highest BCUT2D eigenvalue weighted by molar-refractivity contribution is 5.92. The van der Waals surface area contributed by atoms with Crippen LogP contribution >= 0.6 is 12.4 Å². The maximum atomic E-state index is 12.4. The zero-order chi connectivity index (χ0) is 17.2. The topological polar surface area (TPSA) is 116 Å². The van der Waals surface area contributed by atoms with Crippen molar-refractivity contribution >= 4 is 24.0 Å². The number of aromatic nitrogens is 2. The molecule has 1 amide bonds. The van der Waals surface area contributed by atoms with Crippen molar-refractivity contribution in [3.8, 4) is 5.69 Å². The number of nitro groups is 1. The molecule has 1 saturated carbocycles. The number of nitrogens with two attached hydrogens (primary N) is 1. The molecule has 1 heterocycles. The Morgan fingerprint density at radius 2 is 1.92 bits per heavy atom. The Morgan fingerprint density at radius 1 is 1.28 bits per heavy atom. The number of halogens is 1. The number of hydrogen-bond acceptors (Lipinski definition) is 5. The van der Waals surface area contributed by atoms with Gasteiger partial charge in [0.1, 0.15) is 0 Å². The monoisotopic (exact) mass is 365 g/mol. The van der Waals surface area contributed by atoms with Crippen LogP contribution in [-0.4, -0.2) is 32.7 Å². The van der Waals surface area contributed by atoms with Crippen molar-refractivity contribution in [1.82, 2.24) is 15.1 Å². The van der Waals surface area contributed by atoms with Crippen molar-refractivity contribution in [3.05, 3.63) is 52.3 Å². The molecule has 0 saturated heterocycles. The Balaban J connectivity index is 0.00000225. The standard InChI is InChI=1S/C16H19N5O3.ClH/c17-11-16(8-1-2-9-16)18-15(22)14-7-10-20(19-14)12-3-5-13(6-4-12)21(23)24;/h3-7,10H,1-2,8-9,11,17H2,(H,18,22);1H. The Bertz CT molecular complexity index is 753. The van der Waals surface area contributed by atoms with Crippen LogP contribution in [0.4, 0.5) is 5.69 Å². The first-order valence-electron chi connectivity index (χ1n) is 7.86. The zero-order valence-electron chi connectivity index (χ0n) is 13.6. The van der Waals surface area contributed by atoms with E-state index in [1.54, 1.807) is 24.4 Å². The number of non-ortho nitro benzene ring substituents is 1. The zero-order valence-corrected chi connectivity index (χ0v) is 14.4. The lowest BCUT2D eigenvalue weighted by atomic mass is 9.97. The highest BCUT2D eigenvalue weighted by atomic mass is 35.5. The maximum absolute atomic E-state index is 12.4. The summed E-state index contributed by atoms with van der Waals surface area (Å²) in [7, 11) is 0. The molecule has 0 aliphatic heterocycles. The number of hydrogen-bond donors (Lipinski definition) is 2. The predicted molar refractivity (Wildman–Crippen MR) is 95.2 cm³/mol. The number of carbonyl (C=O) groups excluding carboxylic acids is 1. The summed E-state index contributed by atoms with van der Waals surface area (Å²) in [5.41, 5.74) is 6.47. The summed E-state index contributed by atoms with van der Waals surface area (Å²) in [5, 5.41) is 18.0. The van der Waals surface area contributed by atoms with Gasteiger partial charge in [0, 0.05) is 24.9 Å². The molecule has 1 aromatic carbocycles. The second-order valence-corrected chi connectivity index (χ2v) is 6.06. The van der Waals surface area contributed by atoms with Crippen LogP contribution in [0.3, 0.4) is 0 Å². The van der Waals surface area contributed by atoms with Crippen molar-refractivity contribution in [2.45, 2.75) is 31.2 Å². The Morgan fingerprint density at radius 3 is 2.48 bits per heavy atom. The van der Waals surface area contributed by atoms with Crippen molar-refractivity contribution in [1.29, 1.82) is 0 Å². The molecule has 1 fully saturated rings. The average molecular weight is 366 g/mol. The lowest BCUT2D eigenvalue weighted by Crippen LogP contribution is -2.51. The van der Waals surface area contributed by atoms with E-state index < -0.39 is 4.92 Å². The van der Waals surface area contributed by atoms with Crippen LogP contribution in [0, 0.1) is 10.1 Å². The smallest absolute Gasteiger partial charge is 0.272 e. The molecule has 1 aromatic heterocycles. The Kier molecular flexibility index (Phi) is 5.76. The second-order valence-electron chi connectivity index (χ2n) is 6.06. The molecule has 0 atom stereocenters. The molecule has 8 nitrogen and oxygen atoms in total. The quantitative estimate of drug-likeness (QED) is 0.622. The van der Waals surface area contributed by atoms with E-state index in [0.717, 1.165) is 25.7 Å². The third kappa shape index (κ3) is 3.97. The largest absolute Gasteiger partial charge is 0.344 e. The number of carbonyl (C=O) groups is 1. The number of benzene rings is 1. The van der Waals surface area contributed by atoms with Crippen LogP contribution in [0.5, 0.6) is 0 Å². The van der Waals surface area contributed by atoms with Gasteiger partial charge in [-0.1, -0.05) is 12.8 Å². The van der Waals surface area contributed by atoms with Gasteiger partial charge in [0.15, 0.2) is 5.69 Å². The first-order chi connectivity index (χ1) is 11.5. The summed E-state index contributed by atoms with van der Waals surface area (Å²) in [6.45, 7) is 0.418. The number of nitrogens with zero attached hydrogens (tertiary/aromatic N) is 3. The van der Waals surface area contributed by atoms with Crippen molar-refractivity contribution in [3.63, 3.8) is 0 Å². The minimum absolute atomic E-state index is 0. The van der Waals surface area contributed by atoms with E-state index in [9.17, 15) is 14.9 Å². The van der Waals surface area contributed by atoms with Crippen LogP contribution in [0.2, 0.25) is 0 Å². The predicted octanol–water partition coefficient (Wildman–Crippen LogP) is 2.20.